The summed E-state index contributed by atoms with van der Waals surface area (Å²) in [5.74, 6) is 0. The summed E-state index contributed by atoms with van der Waals surface area (Å²) in [4.78, 5) is 3.48. The van der Waals surface area contributed by atoms with Crippen molar-refractivity contribution in [3.8, 4) is 0 Å². The predicted octanol–water partition coefficient (Wildman–Crippen LogP) is 4.52. The zero-order chi connectivity index (χ0) is 13.8. The van der Waals surface area contributed by atoms with Crippen LogP contribution in [0.15, 0.2) is 34.8 Å². The van der Waals surface area contributed by atoms with Crippen molar-refractivity contribution in [1.29, 1.82) is 0 Å². The molecule has 2 nitrogen and oxygen atoms in total. The smallest absolute Gasteiger partial charge is 0.0931 e. The van der Waals surface area contributed by atoms with E-state index in [0.717, 1.165) is 21.9 Å². The van der Waals surface area contributed by atoms with Crippen molar-refractivity contribution in [3.05, 3.63) is 49.6 Å². The van der Waals surface area contributed by atoms with Crippen LogP contribution >= 0.6 is 38.9 Å². The molecule has 2 rings (SSSR count). The molecule has 1 aromatic heterocycles. The van der Waals surface area contributed by atoms with E-state index >= 15 is 0 Å². The van der Waals surface area contributed by atoms with Crippen molar-refractivity contribution < 1.29 is 0 Å². The van der Waals surface area contributed by atoms with Crippen LogP contribution in [0.3, 0.4) is 0 Å². The van der Waals surface area contributed by atoms with E-state index in [4.69, 9.17) is 11.6 Å². The molecule has 0 atom stereocenters. The maximum Gasteiger partial charge on any atom is 0.0931 e. The van der Waals surface area contributed by atoms with Gasteiger partial charge in [-0.05, 0) is 36.9 Å². The van der Waals surface area contributed by atoms with Crippen LogP contribution in [0, 0.1) is 0 Å². The minimum Gasteiger partial charge on any atom is -0.369 e. The Morgan fingerprint density at radius 1 is 1.32 bits per heavy atom. The molecule has 0 radical (unpaired) electrons. The maximum atomic E-state index is 5.96. The summed E-state index contributed by atoms with van der Waals surface area (Å²) in [5, 5.41) is 3.16. The van der Waals surface area contributed by atoms with Gasteiger partial charge in [0.05, 0.1) is 10.9 Å². The van der Waals surface area contributed by atoms with Gasteiger partial charge in [0, 0.05) is 28.6 Å². The molecule has 0 unspecified atom stereocenters. The lowest BCUT2D eigenvalue weighted by molar-refractivity contribution is 0.813. The van der Waals surface area contributed by atoms with Gasteiger partial charge in [-0.1, -0.05) is 33.6 Å². The zero-order valence-electron chi connectivity index (χ0n) is 10.9. The number of hydrogen-bond acceptors (Lipinski definition) is 3. The van der Waals surface area contributed by atoms with E-state index in [0.29, 0.717) is 0 Å². The Balaban J connectivity index is 2.10. The van der Waals surface area contributed by atoms with Gasteiger partial charge in [0.15, 0.2) is 0 Å². The Hall–Kier alpha value is -0.550. The fourth-order valence-corrected chi connectivity index (χ4v) is 3.52. The number of nitrogens with one attached hydrogen (secondary N) is 1. The van der Waals surface area contributed by atoms with Gasteiger partial charge in [-0.3, -0.25) is 0 Å². The first-order chi connectivity index (χ1) is 9.10. The molecule has 1 aromatic carbocycles. The molecule has 0 fully saturated rings. The Kier molecular flexibility index (Phi) is 5.28. The molecule has 19 heavy (non-hydrogen) atoms. The van der Waals surface area contributed by atoms with Crippen LogP contribution in [-0.4, -0.2) is 14.1 Å². The normalized spacial score (nSPS) is 10.7. The highest BCUT2D eigenvalue weighted by atomic mass is 79.9. The average Bonchev–Trinajstić information content (AvgIpc) is 2.77. The average molecular weight is 360 g/mol. The first-order valence-corrected chi connectivity index (χ1v) is 7.97. The number of benzene rings is 1. The lowest BCUT2D eigenvalue weighted by atomic mass is 10.2. The summed E-state index contributed by atoms with van der Waals surface area (Å²) in [7, 11) is 4.04. The minimum atomic E-state index is 0.842. The van der Waals surface area contributed by atoms with Gasteiger partial charge >= 0.3 is 0 Å². The molecule has 0 saturated carbocycles. The zero-order valence-corrected chi connectivity index (χ0v) is 14.1. The van der Waals surface area contributed by atoms with E-state index < -0.39 is 0 Å². The fraction of sp³-hybridized carbons (Fsp3) is 0.286. The Morgan fingerprint density at radius 3 is 2.68 bits per heavy atom. The molecule has 0 aliphatic heterocycles. The molecule has 0 bridgehead atoms. The third-order valence-corrected chi connectivity index (χ3v) is 4.82. The molecule has 0 spiro atoms. The third kappa shape index (κ3) is 3.96. The largest absolute Gasteiger partial charge is 0.369 e. The van der Waals surface area contributed by atoms with Crippen LogP contribution in [0.25, 0.3) is 0 Å². The van der Waals surface area contributed by atoms with Crippen LogP contribution in [0.2, 0.25) is 4.34 Å². The molecular formula is C14H16BrClN2S. The Labute approximate surface area is 131 Å². The van der Waals surface area contributed by atoms with Crippen LogP contribution < -0.4 is 10.2 Å². The number of halogens is 2. The summed E-state index contributed by atoms with van der Waals surface area (Å²) >= 11 is 11.2. The van der Waals surface area contributed by atoms with E-state index in [1.807, 2.05) is 13.1 Å². The van der Waals surface area contributed by atoms with Crippen molar-refractivity contribution in [2.45, 2.75) is 13.1 Å². The van der Waals surface area contributed by atoms with Crippen LogP contribution in [-0.2, 0) is 13.1 Å². The van der Waals surface area contributed by atoms with Crippen LogP contribution in [0.5, 0.6) is 0 Å². The first kappa shape index (κ1) is 14.9. The summed E-state index contributed by atoms with van der Waals surface area (Å²) in [6, 6.07) is 10.5. The topological polar surface area (TPSA) is 15.3 Å². The van der Waals surface area contributed by atoms with E-state index in [2.05, 4.69) is 57.5 Å². The number of anilines is 1. The molecule has 2 aromatic rings. The monoisotopic (exact) mass is 358 g/mol. The van der Waals surface area contributed by atoms with Gasteiger partial charge in [-0.15, -0.1) is 11.3 Å². The molecule has 0 amide bonds. The molecule has 0 saturated heterocycles. The summed E-state index contributed by atoms with van der Waals surface area (Å²) < 4.78 is 1.98. The lowest BCUT2D eigenvalue weighted by Crippen LogP contribution is -2.16. The predicted molar refractivity (Wildman–Crippen MR) is 88.3 cm³/mol. The second kappa shape index (κ2) is 6.75. The van der Waals surface area contributed by atoms with Crippen LogP contribution in [0.1, 0.15) is 10.4 Å². The summed E-state index contributed by atoms with van der Waals surface area (Å²) in [6.07, 6.45) is 0. The lowest BCUT2D eigenvalue weighted by Gasteiger charge is -2.19. The van der Waals surface area contributed by atoms with Crippen LogP contribution in [0.4, 0.5) is 5.69 Å². The third-order valence-electron chi connectivity index (χ3n) is 2.87. The van der Waals surface area contributed by atoms with Crippen molar-refractivity contribution in [2.24, 2.45) is 0 Å². The Bertz CT molecular complexity index is 556. The van der Waals surface area contributed by atoms with E-state index in [1.54, 1.807) is 11.3 Å². The summed E-state index contributed by atoms with van der Waals surface area (Å²) in [5.41, 5.74) is 2.45. The minimum absolute atomic E-state index is 0.842. The number of thiophene rings is 1. The Morgan fingerprint density at radius 2 is 2.11 bits per heavy atom. The van der Waals surface area contributed by atoms with Gasteiger partial charge in [-0.25, -0.2) is 0 Å². The molecule has 1 heterocycles. The molecule has 5 heteroatoms. The standard InChI is InChI=1S/C14H16BrClN2S/c1-17-8-10-3-4-11(7-13(10)15)18(2)9-12-5-6-14(16)19-12/h3-7,17H,8-9H2,1-2H3. The molecule has 1 N–H and O–H groups in total. The maximum absolute atomic E-state index is 5.96. The van der Waals surface area contributed by atoms with Gasteiger partial charge in [-0.2, -0.15) is 0 Å². The first-order valence-electron chi connectivity index (χ1n) is 5.98. The highest BCUT2D eigenvalue weighted by Crippen LogP contribution is 2.27. The molecule has 0 aliphatic rings. The molecule has 102 valence electrons. The van der Waals surface area contributed by atoms with Gasteiger partial charge in [0.25, 0.3) is 0 Å². The second-order valence-electron chi connectivity index (χ2n) is 4.37. The summed E-state index contributed by atoms with van der Waals surface area (Å²) in [6.45, 7) is 1.74. The quantitative estimate of drug-likeness (QED) is 0.844. The van der Waals surface area contributed by atoms with Gasteiger partial charge in [0.1, 0.15) is 0 Å². The number of nitrogens with zero attached hydrogens (tertiary/aromatic N) is 1. The highest BCUT2D eigenvalue weighted by Gasteiger charge is 2.07. The van der Waals surface area contributed by atoms with Crippen molar-refractivity contribution >= 4 is 44.6 Å². The van der Waals surface area contributed by atoms with Crippen molar-refractivity contribution in [3.63, 3.8) is 0 Å². The van der Waals surface area contributed by atoms with Gasteiger partial charge < -0.3 is 10.2 Å². The highest BCUT2D eigenvalue weighted by molar-refractivity contribution is 9.10. The van der Waals surface area contributed by atoms with E-state index in [9.17, 15) is 0 Å². The molecular weight excluding hydrogens is 344 g/mol. The molecule has 0 aliphatic carbocycles. The number of hydrogen-bond donors (Lipinski definition) is 1. The second-order valence-corrected chi connectivity index (χ2v) is 7.02. The number of rotatable bonds is 5. The SMILES string of the molecule is CNCc1ccc(N(C)Cc2ccc(Cl)s2)cc1Br. The van der Waals surface area contributed by atoms with Gasteiger partial charge in [0.2, 0.25) is 0 Å². The fourth-order valence-electron chi connectivity index (χ4n) is 1.87. The van der Waals surface area contributed by atoms with E-state index in [1.165, 1.54) is 16.1 Å². The van der Waals surface area contributed by atoms with Crippen molar-refractivity contribution in [1.82, 2.24) is 5.32 Å². The van der Waals surface area contributed by atoms with Crippen molar-refractivity contribution in [2.75, 3.05) is 19.0 Å². The van der Waals surface area contributed by atoms with E-state index in [-0.39, 0.29) is 0 Å².